The van der Waals surface area contributed by atoms with Crippen molar-refractivity contribution >= 4 is 11.9 Å². The van der Waals surface area contributed by atoms with Crippen LogP contribution in [0.15, 0.2) is 48.6 Å². The van der Waals surface area contributed by atoms with Crippen LogP contribution in [0.5, 0.6) is 0 Å². The highest BCUT2D eigenvalue weighted by molar-refractivity contribution is 5.70. The molecule has 1 atom stereocenters. The summed E-state index contributed by atoms with van der Waals surface area (Å²) in [7, 11) is 0. The van der Waals surface area contributed by atoms with Gasteiger partial charge in [-0.2, -0.15) is 0 Å². The highest BCUT2D eigenvalue weighted by Gasteiger charge is 2.16. The van der Waals surface area contributed by atoms with Crippen LogP contribution in [-0.2, 0) is 19.1 Å². The molecule has 5 nitrogen and oxygen atoms in total. The maximum absolute atomic E-state index is 12.1. The van der Waals surface area contributed by atoms with E-state index in [0.29, 0.717) is 12.8 Å². The number of allylic oxidation sites excluding steroid dienone is 8. The van der Waals surface area contributed by atoms with Gasteiger partial charge in [-0.3, -0.25) is 9.59 Å². The van der Waals surface area contributed by atoms with Crippen molar-refractivity contribution in [2.45, 2.75) is 168 Å². The summed E-state index contributed by atoms with van der Waals surface area (Å²) in [5.74, 6) is -0.628. The van der Waals surface area contributed by atoms with E-state index in [0.717, 1.165) is 70.6 Å². The number of aliphatic hydroxyl groups excluding tert-OH is 1. The van der Waals surface area contributed by atoms with Gasteiger partial charge in [0.2, 0.25) is 0 Å². The van der Waals surface area contributed by atoms with Crippen molar-refractivity contribution in [3.63, 3.8) is 0 Å². The number of carbonyl (C=O) groups is 2. The summed E-state index contributed by atoms with van der Waals surface area (Å²) >= 11 is 0. The third kappa shape index (κ3) is 32.6. The van der Waals surface area contributed by atoms with Crippen LogP contribution in [0.25, 0.3) is 0 Å². The second kappa shape index (κ2) is 34.4. The zero-order chi connectivity index (χ0) is 31.5. The lowest BCUT2D eigenvalue weighted by Crippen LogP contribution is -2.28. The van der Waals surface area contributed by atoms with Gasteiger partial charge in [0.25, 0.3) is 0 Å². The summed E-state index contributed by atoms with van der Waals surface area (Å²) < 4.78 is 10.5. The molecule has 43 heavy (non-hydrogen) atoms. The Morgan fingerprint density at radius 1 is 0.535 bits per heavy atom. The Bertz CT molecular complexity index is 737. The number of ether oxygens (including phenoxy) is 2. The van der Waals surface area contributed by atoms with Crippen LogP contribution in [0, 0.1) is 0 Å². The van der Waals surface area contributed by atoms with E-state index >= 15 is 0 Å². The third-order valence-corrected chi connectivity index (χ3v) is 7.35. The van der Waals surface area contributed by atoms with Crippen LogP contribution in [0.1, 0.15) is 162 Å². The molecule has 0 rings (SSSR count). The van der Waals surface area contributed by atoms with Gasteiger partial charge < -0.3 is 14.6 Å². The largest absolute Gasteiger partial charge is 0.462 e. The molecule has 0 aliphatic rings. The molecule has 0 amide bonds. The third-order valence-electron chi connectivity index (χ3n) is 7.35. The van der Waals surface area contributed by atoms with Gasteiger partial charge in [-0.25, -0.2) is 0 Å². The van der Waals surface area contributed by atoms with Gasteiger partial charge in [0.15, 0.2) is 6.10 Å². The molecule has 5 heteroatoms. The van der Waals surface area contributed by atoms with Gasteiger partial charge in [-0.15, -0.1) is 0 Å². The minimum Gasteiger partial charge on any atom is -0.462 e. The van der Waals surface area contributed by atoms with Crippen molar-refractivity contribution in [3.05, 3.63) is 48.6 Å². The number of rotatable bonds is 31. The molecule has 0 fully saturated rings. The number of esters is 2. The van der Waals surface area contributed by atoms with E-state index in [1.54, 1.807) is 0 Å². The lowest BCUT2D eigenvalue weighted by molar-refractivity contribution is -0.161. The van der Waals surface area contributed by atoms with Crippen molar-refractivity contribution in [1.29, 1.82) is 0 Å². The first-order valence-corrected chi connectivity index (χ1v) is 17.7. The molecule has 0 radical (unpaired) electrons. The summed E-state index contributed by atoms with van der Waals surface area (Å²) in [5.41, 5.74) is 0. The van der Waals surface area contributed by atoms with Gasteiger partial charge in [-0.05, 0) is 70.6 Å². The van der Waals surface area contributed by atoms with Crippen molar-refractivity contribution in [2.75, 3.05) is 13.2 Å². The minimum absolute atomic E-state index is 0.0800. The molecule has 0 aromatic rings. The van der Waals surface area contributed by atoms with Gasteiger partial charge in [-0.1, -0.05) is 127 Å². The molecule has 1 unspecified atom stereocenters. The topological polar surface area (TPSA) is 72.8 Å². The standard InChI is InChI=1S/C38H66O5/c1-3-5-7-9-11-13-15-17-19-21-23-25-27-29-31-33-38(41)43-36(34-39)35-42-37(40)32-30-28-26-24-22-20-18-16-14-12-10-8-6-4-2/h10-13,16-19,36,39H,3-9,14-15,20-35H2,1-2H3/b12-10-,13-11-,18-16-,19-17-. The van der Waals surface area contributed by atoms with E-state index in [9.17, 15) is 14.7 Å². The molecule has 0 aromatic carbocycles. The lowest BCUT2D eigenvalue weighted by Gasteiger charge is -2.15. The Morgan fingerprint density at radius 2 is 0.953 bits per heavy atom. The van der Waals surface area contributed by atoms with E-state index < -0.39 is 6.10 Å². The molecule has 0 heterocycles. The summed E-state index contributed by atoms with van der Waals surface area (Å²) in [6.07, 6.45) is 41.6. The zero-order valence-corrected chi connectivity index (χ0v) is 28.0. The number of hydrogen-bond acceptors (Lipinski definition) is 5. The molecular weight excluding hydrogens is 536 g/mol. The molecular formula is C38H66O5. The molecule has 0 aliphatic heterocycles. The Labute approximate surface area is 265 Å². The van der Waals surface area contributed by atoms with Crippen LogP contribution in [0.4, 0.5) is 0 Å². The normalized spacial score (nSPS) is 12.7. The second-order valence-electron chi connectivity index (χ2n) is 11.6. The van der Waals surface area contributed by atoms with Gasteiger partial charge >= 0.3 is 11.9 Å². The number of aliphatic hydroxyl groups is 1. The Hall–Kier alpha value is -2.14. The van der Waals surface area contributed by atoms with Crippen molar-refractivity contribution in [3.8, 4) is 0 Å². The molecule has 0 aliphatic carbocycles. The van der Waals surface area contributed by atoms with Crippen LogP contribution >= 0.6 is 0 Å². The number of unbranched alkanes of at least 4 members (excludes halogenated alkanes) is 15. The average Bonchev–Trinajstić information content (AvgIpc) is 3.01. The van der Waals surface area contributed by atoms with Gasteiger partial charge in [0.05, 0.1) is 6.61 Å². The predicted octanol–water partition coefficient (Wildman–Crippen LogP) is 10.7. The zero-order valence-electron chi connectivity index (χ0n) is 28.0. The highest BCUT2D eigenvalue weighted by atomic mass is 16.6. The first kappa shape index (κ1) is 40.9. The fourth-order valence-electron chi connectivity index (χ4n) is 4.60. The molecule has 1 N–H and O–H groups in total. The summed E-state index contributed by atoms with van der Waals surface area (Å²) in [4.78, 5) is 24.1. The molecule has 0 saturated heterocycles. The maximum Gasteiger partial charge on any atom is 0.306 e. The van der Waals surface area contributed by atoms with E-state index in [1.807, 2.05) is 0 Å². The maximum atomic E-state index is 12.1. The van der Waals surface area contributed by atoms with Gasteiger partial charge in [0.1, 0.15) is 6.61 Å². The Balaban J connectivity index is 3.64. The van der Waals surface area contributed by atoms with Crippen LogP contribution in [-0.4, -0.2) is 36.4 Å². The lowest BCUT2D eigenvalue weighted by atomic mass is 10.1. The Kier molecular flexibility index (Phi) is 32.6. The summed E-state index contributed by atoms with van der Waals surface area (Å²) in [5, 5.41) is 9.51. The second-order valence-corrected chi connectivity index (χ2v) is 11.6. The number of carbonyl (C=O) groups excluding carboxylic acids is 2. The molecule has 0 saturated carbocycles. The van der Waals surface area contributed by atoms with Crippen molar-refractivity contribution in [1.82, 2.24) is 0 Å². The SMILES string of the molecule is CCCC/C=C\C/C=C\CCCCCCCC(=O)OCC(CO)OC(=O)CCCCCCC/C=C\C/C=C\CCCCC. The first-order chi connectivity index (χ1) is 21.1. The fourth-order valence-corrected chi connectivity index (χ4v) is 4.60. The predicted molar refractivity (Wildman–Crippen MR) is 182 cm³/mol. The molecule has 0 spiro atoms. The summed E-state index contributed by atoms with van der Waals surface area (Å²) in [6, 6.07) is 0. The van der Waals surface area contributed by atoms with Crippen molar-refractivity contribution < 1.29 is 24.2 Å². The quantitative estimate of drug-likeness (QED) is 0.0485. The van der Waals surface area contributed by atoms with Crippen LogP contribution in [0.3, 0.4) is 0 Å². The van der Waals surface area contributed by atoms with Crippen molar-refractivity contribution in [2.24, 2.45) is 0 Å². The summed E-state index contributed by atoms with van der Waals surface area (Å²) in [6.45, 7) is 4.03. The van der Waals surface area contributed by atoms with Crippen LogP contribution in [0.2, 0.25) is 0 Å². The van der Waals surface area contributed by atoms with E-state index in [2.05, 4.69) is 62.5 Å². The average molecular weight is 603 g/mol. The van der Waals surface area contributed by atoms with E-state index in [-0.39, 0.29) is 25.2 Å². The Morgan fingerprint density at radius 3 is 1.44 bits per heavy atom. The number of hydrogen-bond donors (Lipinski definition) is 1. The highest BCUT2D eigenvalue weighted by Crippen LogP contribution is 2.11. The molecule has 248 valence electrons. The van der Waals surface area contributed by atoms with Gasteiger partial charge in [0, 0.05) is 12.8 Å². The molecule has 0 bridgehead atoms. The molecule has 0 aromatic heterocycles. The van der Waals surface area contributed by atoms with Crippen LogP contribution < -0.4 is 0 Å². The van der Waals surface area contributed by atoms with E-state index in [4.69, 9.17) is 9.47 Å². The van der Waals surface area contributed by atoms with E-state index in [1.165, 1.54) is 64.2 Å². The monoisotopic (exact) mass is 602 g/mol. The fraction of sp³-hybridized carbons (Fsp3) is 0.737. The smallest absolute Gasteiger partial charge is 0.306 e. The minimum atomic E-state index is -0.783. The first-order valence-electron chi connectivity index (χ1n) is 17.7.